The number of nitrogens with one attached hydrogen (secondary N) is 1. The second-order valence-electron chi connectivity index (χ2n) is 6.80. The van der Waals surface area contributed by atoms with Gasteiger partial charge in [-0.1, -0.05) is 41.6 Å². The third-order valence-corrected chi connectivity index (χ3v) is 4.69. The molecule has 0 aliphatic heterocycles. The third kappa shape index (κ3) is 5.26. The standard InChI is InChI=1S/C23H24N2O5/c1-15-20(16(2)30-25-15)12-13-21(26)29-22(17-8-5-4-6-9-17)23(27)24-18-10-7-11-19(14-18)28-3/h4-11,14,22H,12-13H2,1-3H3,(H,24,27)/t22-/m0/s1. The van der Waals surface area contributed by atoms with Crippen molar-refractivity contribution in [1.29, 1.82) is 0 Å². The second kappa shape index (κ2) is 9.73. The monoisotopic (exact) mass is 408 g/mol. The molecule has 0 radical (unpaired) electrons. The van der Waals surface area contributed by atoms with E-state index in [0.717, 1.165) is 11.3 Å². The summed E-state index contributed by atoms with van der Waals surface area (Å²) in [5, 5.41) is 6.68. The van der Waals surface area contributed by atoms with Gasteiger partial charge in [-0.2, -0.15) is 0 Å². The highest BCUT2D eigenvalue weighted by Crippen LogP contribution is 2.23. The molecule has 2 aromatic carbocycles. The molecule has 0 bridgehead atoms. The van der Waals surface area contributed by atoms with Crippen LogP contribution in [0.4, 0.5) is 5.69 Å². The summed E-state index contributed by atoms with van der Waals surface area (Å²) in [5.41, 5.74) is 2.76. The fourth-order valence-electron chi connectivity index (χ4n) is 3.09. The van der Waals surface area contributed by atoms with Crippen molar-refractivity contribution in [2.24, 2.45) is 0 Å². The number of rotatable bonds is 8. The first-order valence-electron chi connectivity index (χ1n) is 9.59. The van der Waals surface area contributed by atoms with E-state index < -0.39 is 18.0 Å². The zero-order valence-corrected chi connectivity index (χ0v) is 17.2. The van der Waals surface area contributed by atoms with Crippen molar-refractivity contribution < 1.29 is 23.6 Å². The molecular weight excluding hydrogens is 384 g/mol. The summed E-state index contributed by atoms with van der Waals surface area (Å²) in [5.74, 6) is 0.362. The van der Waals surface area contributed by atoms with Gasteiger partial charge in [0.2, 0.25) is 6.10 Å². The number of carbonyl (C=O) groups excluding carboxylic acids is 2. The van der Waals surface area contributed by atoms with E-state index in [2.05, 4.69) is 10.5 Å². The number of hydrogen-bond donors (Lipinski definition) is 1. The molecule has 7 nitrogen and oxygen atoms in total. The molecule has 0 saturated heterocycles. The summed E-state index contributed by atoms with van der Waals surface area (Å²) in [6.45, 7) is 3.63. The van der Waals surface area contributed by atoms with Gasteiger partial charge in [0.15, 0.2) is 0 Å². The summed E-state index contributed by atoms with van der Waals surface area (Å²) < 4.78 is 15.9. The molecule has 0 unspecified atom stereocenters. The number of carbonyl (C=O) groups is 2. The minimum atomic E-state index is -1.07. The number of anilines is 1. The minimum absolute atomic E-state index is 0.110. The SMILES string of the molecule is COc1cccc(NC(=O)[C@@H](OC(=O)CCc2c(C)noc2C)c2ccccc2)c1. The van der Waals surface area contributed by atoms with E-state index in [4.69, 9.17) is 14.0 Å². The summed E-state index contributed by atoms with van der Waals surface area (Å²) in [6.07, 6.45) is -0.535. The van der Waals surface area contributed by atoms with Gasteiger partial charge in [0.1, 0.15) is 11.5 Å². The lowest BCUT2D eigenvalue weighted by molar-refractivity contribution is -0.154. The number of ether oxygens (including phenoxy) is 2. The van der Waals surface area contributed by atoms with Gasteiger partial charge in [-0.3, -0.25) is 9.59 Å². The van der Waals surface area contributed by atoms with Crippen LogP contribution in [0.2, 0.25) is 0 Å². The van der Waals surface area contributed by atoms with Crippen LogP contribution >= 0.6 is 0 Å². The second-order valence-corrected chi connectivity index (χ2v) is 6.80. The Bertz CT molecular complexity index is 994. The van der Waals surface area contributed by atoms with Crippen LogP contribution in [0, 0.1) is 13.8 Å². The van der Waals surface area contributed by atoms with E-state index in [9.17, 15) is 9.59 Å². The van der Waals surface area contributed by atoms with E-state index in [1.54, 1.807) is 62.6 Å². The van der Waals surface area contributed by atoms with Crippen LogP contribution in [0.3, 0.4) is 0 Å². The Morgan fingerprint density at radius 1 is 1.10 bits per heavy atom. The van der Waals surface area contributed by atoms with Crippen molar-refractivity contribution in [2.75, 3.05) is 12.4 Å². The van der Waals surface area contributed by atoms with Crippen LogP contribution < -0.4 is 10.1 Å². The number of nitrogens with zero attached hydrogens (tertiary/aromatic N) is 1. The molecule has 0 aliphatic rings. The lowest BCUT2D eigenvalue weighted by atomic mass is 10.1. The molecular formula is C23H24N2O5. The molecule has 30 heavy (non-hydrogen) atoms. The van der Waals surface area contributed by atoms with Crippen LogP contribution in [0.1, 0.15) is 35.1 Å². The minimum Gasteiger partial charge on any atom is -0.497 e. The molecule has 1 heterocycles. The Labute approximate surface area is 175 Å². The number of hydrogen-bond acceptors (Lipinski definition) is 6. The zero-order valence-electron chi connectivity index (χ0n) is 17.2. The Kier molecular flexibility index (Phi) is 6.85. The Balaban J connectivity index is 1.72. The largest absolute Gasteiger partial charge is 0.497 e. The van der Waals surface area contributed by atoms with Gasteiger partial charge in [0.05, 0.1) is 12.8 Å². The maximum absolute atomic E-state index is 12.9. The third-order valence-electron chi connectivity index (χ3n) is 4.69. The van der Waals surface area contributed by atoms with E-state index in [1.165, 1.54) is 0 Å². The average Bonchev–Trinajstić information content (AvgIpc) is 3.08. The highest BCUT2D eigenvalue weighted by atomic mass is 16.5. The topological polar surface area (TPSA) is 90.7 Å². The number of aryl methyl sites for hydroxylation is 2. The number of benzene rings is 2. The van der Waals surface area contributed by atoms with Crippen LogP contribution in [0.25, 0.3) is 0 Å². The maximum Gasteiger partial charge on any atom is 0.307 e. The Morgan fingerprint density at radius 2 is 1.87 bits per heavy atom. The van der Waals surface area contributed by atoms with Gasteiger partial charge in [0, 0.05) is 29.3 Å². The summed E-state index contributed by atoms with van der Waals surface area (Å²) in [6, 6.07) is 15.9. The van der Waals surface area contributed by atoms with Gasteiger partial charge >= 0.3 is 5.97 Å². The highest BCUT2D eigenvalue weighted by molar-refractivity contribution is 5.96. The van der Waals surface area contributed by atoms with Crippen molar-refractivity contribution in [3.05, 3.63) is 77.2 Å². The molecule has 0 aliphatic carbocycles. The molecule has 3 aromatic rings. The summed E-state index contributed by atoms with van der Waals surface area (Å²) in [7, 11) is 1.55. The predicted octanol–water partition coefficient (Wildman–Crippen LogP) is 4.16. The molecule has 1 N–H and O–H groups in total. The normalized spacial score (nSPS) is 11.6. The maximum atomic E-state index is 12.9. The van der Waals surface area contributed by atoms with Crippen LogP contribution in [0.15, 0.2) is 59.1 Å². The number of amides is 1. The van der Waals surface area contributed by atoms with Crippen molar-refractivity contribution in [2.45, 2.75) is 32.8 Å². The Morgan fingerprint density at radius 3 is 2.53 bits per heavy atom. The van der Waals surface area contributed by atoms with Crippen molar-refractivity contribution in [1.82, 2.24) is 5.16 Å². The highest BCUT2D eigenvalue weighted by Gasteiger charge is 2.25. The summed E-state index contributed by atoms with van der Waals surface area (Å²) >= 11 is 0. The first-order valence-corrected chi connectivity index (χ1v) is 9.59. The molecule has 1 atom stereocenters. The molecule has 1 amide bonds. The van der Waals surface area contributed by atoms with Gasteiger partial charge < -0.3 is 19.3 Å². The lowest BCUT2D eigenvalue weighted by Gasteiger charge is -2.18. The van der Waals surface area contributed by atoms with E-state index in [-0.39, 0.29) is 6.42 Å². The number of methoxy groups -OCH3 is 1. The van der Waals surface area contributed by atoms with Gasteiger partial charge in [-0.25, -0.2) is 0 Å². The van der Waals surface area contributed by atoms with Gasteiger partial charge in [-0.15, -0.1) is 0 Å². The van der Waals surface area contributed by atoms with Crippen molar-refractivity contribution >= 4 is 17.6 Å². The smallest absolute Gasteiger partial charge is 0.307 e. The van der Waals surface area contributed by atoms with Crippen LogP contribution in [0.5, 0.6) is 5.75 Å². The molecule has 0 fully saturated rings. The molecule has 7 heteroatoms. The van der Waals surface area contributed by atoms with E-state index in [0.29, 0.717) is 29.2 Å². The molecule has 0 saturated carbocycles. The van der Waals surface area contributed by atoms with E-state index >= 15 is 0 Å². The molecule has 3 rings (SSSR count). The zero-order chi connectivity index (χ0) is 21.5. The van der Waals surface area contributed by atoms with Gasteiger partial charge in [-0.05, 0) is 32.4 Å². The quantitative estimate of drug-likeness (QED) is 0.563. The van der Waals surface area contributed by atoms with Crippen molar-refractivity contribution in [3.63, 3.8) is 0 Å². The van der Waals surface area contributed by atoms with Gasteiger partial charge in [0.25, 0.3) is 5.91 Å². The fraction of sp³-hybridized carbons (Fsp3) is 0.261. The molecule has 0 spiro atoms. The van der Waals surface area contributed by atoms with E-state index in [1.807, 2.05) is 13.0 Å². The average molecular weight is 408 g/mol. The fourth-order valence-corrected chi connectivity index (χ4v) is 3.09. The first kappa shape index (κ1) is 21.1. The lowest BCUT2D eigenvalue weighted by Crippen LogP contribution is -2.26. The predicted molar refractivity (Wildman–Crippen MR) is 111 cm³/mol. The summed E-state index contributed by atoms with van der Waals surface area (Å²) in [4.78, 5) is 25.5. The van der Waals surface area contributed by atoms with Crippen LogP contribution in [-0.4, -0.2) is 24.1 Å². The number of aromatic nitrogens is 1. The molecule has 156 valence electrons. The molecule has 1 aromatic heterocycles. The Hall–Kier alpha value is -3.61. The number of esters is 1. The van der Waals surface area contributed by atoms with Crippen LogP contribution in [-0.2, 0) is 20.7 Å². The van der Waals surface area contributed by atoms with Crippen molar-refractivity contribution in [3.8, 4) is 5.75 Å². The first-order chi connectivity index (χ1) is 14.5.